The molecule has 0 bridgehead atoms. The summed E-state index contributed by atoms with van der Waals surface area (Å²) in [6, 6.07) is 7.45. The molecule has 0 saturated carbocycles. The van der Waals surface area contributed by atoms with Gasteiger partial charge in [-0.25, -0.2) is 0 Å². The van der Waals surface area contributed by atoms with Crippen molar-refractivity contribution in [3.05, 3.63) is 24.3 Å². The first kappa shape index (κ1) is 13.9. The molecule has 0 aliphatic carbocycles. The molecule has 1 unspecified atom stereocenters. The second kappa shape index (κ2) is 5.72. The first-order valence-corrected chi connectivity index (χ1v) is 7.41. The van der Waals surface area contributed by atoms with Crippen molar-refractivity contribution in [2.45, 2.75) is 16.8 Å². The van der Waals surface area contributed by atoms with Crippen LogP contribution in [0.15, 0.2) is 29.4 Å². The van der Waals surface area contributed by atoms with Crippen molar-refractivity contribution in [3.8, 4) is 11.4 Å². The topological polar surface area (TPSA) is 73.1 Å². The number of thioether (sulfide) groups is 1. The van der Waals surface area contributed by atoms with Crippen LogP contribution in [0, 0.1) is 0 Å². The van der Waals surface area contributed by atoms with Crippen LogP contribution in [0.1, 0.15) is 6.42 Å². The molecule has 1 aliphatic rings. The second-order valence-corrected chi connectivity index (χ2v) is 5.90. The summed E-state index contributed by atoms with van der Waals surface area (Å²) in [4.78, 5) is 13.7. The molecule has 3 rings (SSSR count). The van der Waals surface area contributed by atoms with Crippen molar-refractivity contribution in [2.24, 2.45) is 0 Å². The Morgan fingerprint density at radius 3 is 2.71 bits per heavy atom. The van der Waals surface area contributed by atoms with Crippen molar-refractivity contribution < 1.29 is 9.53 Å². The Labute approximate surface area is 126 Å². The van der Waals surface area contributed by atoms with Gasteiger partial charge in [-0.2, -0.15) is 4.68 Å². The number of rotatable bonds is 4. The molecule has 1 saturated heterocycles. The normalized spacial score (nSPS) is 18.3. The van der Waals surface area contributed by atoms with E-state index in [0.29, 0.717) is 5.16 Å². The van der Waals surface area contributed by atoms with Crippen LogP contribution in [0.25, 0.3) is 5.69 Å². The number of hydrogen-bond donors (Lipinski definition) is 0. The smallest absolute Gasteiger partial charge is 0.235 e. The Kier molecular flexibility index (Phi) is 3.78. The zero-order valence-corrected chi connectivity index (χ0v) is 12.6. The zero-order chi connectivity index (χ0) is 14.8. The minimum absolute atomic E-state index is 0.113. The van der Waals surface area contributed by atoms with Crippen LogP contribution in [0.2, 0.25) is 0 Å². The fourth-order valence-electron chi connectivity index (χ4n) is 2.16. The number of carbonyl (C=O) groups excluding carboxylic acids is 1. The van der Waals surface area contributed by atoms with Crippen LogP contribution in [-0.2, 0) is 4.79 Å². The van der Waals surface area contributed by atoms with E-state index in [1.165, 1.54) is 11.8 Å². The monoisotopic (exact) mass is 305 g/mol. The van der Waals surface area contributed by atoms with Gasteiger partial charge in [-0.05, 0) is 41.1 Å². The van der Waals surface area contributed by atoms with Crippen LogP contribution in [-0.4, -0.2) is 57.0 Å². The fourth-order valence-corrected chi connectivity index (χ4v) is 3.25. The van der Waals surface area contributed by atoms with Gasteiger partial charge in [-0.1, -0.05) is 11.8 Å². The molecule has 110 valence electrons. The lowest BCUT2D eigenvalue weighted by Gasteiger charge is -2.10. The summed E-state index contributed by atoms with van der Waals surface area (Å²) >= 11 is 1.41. The summed E-state index contributed by atoms with van der Waals surface area (Å²) in [5, 5.41) is 12.2. The number of hydrogen-bond acceptors (Lipinski definition) is 6. The number of benzene rings is 1. The molecule has 2 aromatic rings. The third-order valence-corrected chi connectivity index (χ3v) is 4.57. The number of ether oxygens (including phenoxy) is 1. The molecule has 0 radical (unpaired) electrons. The first-order chi connectivity index (χ1) is 10.2. The Balaban J connectivity index is 1.82. The predicted molar refractivity (Wildman–Crippen MR) is 77.6 cm³/mol. The summed E-state index contributed by atoms with van der Waals surface area (Å²) in [5.41, 5.74) is 0.835. The maximum Gasteiger partial charge on any atom is 0.235 e. The molecule has 8 heteroatoms. The van der Waals surface area contributed by atoms with Gasteiger partial charge in [0, 0.05) is 13.6 Å². The van der Waals surface area contributed by atoms with Gasteiger partial charge in [0.1, 0.15) is 5.75 Å². The fraction of sp³-hybridized carbons (Fsp3) is 0.385. The number of carbonyl (C=O) groups is 1. The van der Waals surface area contributed by atoms with Crippen LogP contribution >= 0.6 is 11.8 Å². The molecule has 7 nitrogen and oxygen atoms in total. The molecule has 0 N–H and O–H groups in total. The summed E-state index contributed by atoms with van der Waals surface area (Å²) in [5.74, 6) is 0.901. The second-order valence-electron chi connectivity index (χ2n) is 4.73. The summed E-state index contributed by atoms with van der Waals surface area (Å²) in [6.45, 7) is 0.778. The van der Waals surface area contributed by atoms with Gasteiger partial charge in [0.25, 0.3) is 0 Å². The van der Waals surface area contributed by atoms with E-state index in [1.54, 1.807) is 16.7 Å². The highest BCUT2D eigenvalue weighted by molar-refractivity contribution is 8.00. The SMILES string of the molecule is COc1ccc(-n2nnnc2SC2CCN(C)C2=O)cc1. The molecule has 21 heavy (non-hydrogen) atoms. The molecule has 1 aromatic heterocycles. The van der Waals surface area contributed by atoms with Crippen molar-refractivity contribution in [1.29, 1.82) is 0 Å². The van der Waals surface area contributed by atoms with Gasteiger partial charge in [-0.15, -0.1) is 5.10 Å². The van der Waals surface area contributed by atoms with Gasteiger partial charge < -0.3 is 9.64 Å². The van der Waals surface area contributed by atoms with E-state index in [2.05, 4.69) is 15.5 Å². The molecule has 1 fully saturated rings. The largest absolute Gasteiger partial charge is 0.497 e. The maximum atomic E-state index is 12.0. The molecule has 2 heterocycles. The number of aromatic nitrogens is 4. The van der Waals surface area contributed by atoms with Gasteiger partial charge in [-0.3, -0.25) is 4.79 Å². The van der Waals surface area contributed by atoms with Crippen LogP contribution < -0.4 is 4.74 Å². The number of amides is 1. The summed E-state index contributed by atoms with van der Waals surface area (Å²) < 4.78 is 6.77. The number of tetrazole rings is 1. The van der Waals surface area contributed by atoms with E-state index >= 15 is 0 Å². The zero-order valence-electron chi connectivity index (χ0n) is 11.8. The summed E-state index contributed by atoms with van der Waals surface area (Å²) in [7, 11) is 3.44. The lowest BCUT2D eigenvalue weighted by molar-refractivity contribution is -0.126. The van der Waals surface area contributed by atoms with Crippen LogP contribution in [0.4, 0.5) is 0 Å². The minimum atomic E-state index is -0.113. The third kappa shape index (κ3) is 2.71. The number of likely N-dealkylation sites (tertiary alicyclic amines) is 1. The Bertz CT molecular complexity index is 642. The Morgan fingerprint density at radius 2 is 2.10 bits per heavy atom. The van der Waals surface area contributed by atoms with E-state index < -0.39 is 0 Å². The first-order valence-electron chi connectivity index (χ1n) is 6.53. The standard InChI is InChI=1S/C13H15N5O2S/c1-17-8-7-11(12(17)19)21-13-14-15-16-18(13)9-3-5-10(20-2)6-4-9/h3-6,11H,7-8H2,1-2H3. The minimum Gasteiger partial charge on any atom is -0.497 e. The van der Waals surface area contributed by atoms with Crippen LogP contribution in [0.5, 0.6) is 5.75 Å². The molecule has 1 atom stereocenters. The average molecular weight is 305 g/mol. The average Bonchev–Trinajstić information content (AvgIpc) is 3.10. The lowest BCUT2D eigenvalue weighted by Crippen LogP contribution is -2.24. The molecule has 1 amide bonds. The highest BCUT2D eigenvalue weighted by atomic mass is 32.2. The quantitative estimate of drug-likeness (QED) is 0.839. The highest BCUT2D eigenvalue weighted by Crippen LogP contribution is 2.29. The van der Waals surface area contributed by atoms with E-state index in [1.807, 2.05) is 31.3 Å². The Hall–Kier alpha value is -2.09. The van der Waals surface area contributed by atoms with E-state index in [0.717, 1.165) is 24.4 Å². The molecule has 1 aliphatic heterocycles. The van der Waals surface area contributed by atoms with Crippen molar-refractivity contribution in [1.82, 2.24) is 25.1 Å². The Morgan fingerprint density at radius 1 is 1.33 bits per heavy atom. The van der Waals surface area contributed by atoms with E-state index in [4.69, 9.17) is 4.74 Å². The van der Waals surface area contributed by atoms with E-state index in [9.17, 15) is 4.79 Å². The van der Waals surface area contributed by atoms with Crippen molar-refractivity contribution in [3.63, 3.8) is 0 Å². The molecular formula is C13H15N5O2S. The van der Waals surface area contributed by atoms with Crippen molar-refractivity contribution >= 4 is 17.7 Å². The van der Waals surface area contributed by atoms with Gasteiger partial charge in [0.05, 0.1) is 18.0 Å². The van der Waals surface area contributed by atoms with Crippen LogP contribution in [0.3, 0.4) is 0 Å². The summed E-state index contributed by atoms with van der Waals surface area (Å²) in [6.07, 6.45) is 0.815. The molecule has 1 aromatic carbocycles. The maximum absolute atomic E-state index is 12.0. The lowest BCUT2D eigenvalue weighted by atomic mass is 10.3. The highest BCUT2D eigenvalue weighted by Gasteiger charge is 2.31. The predicted octanol–water partition coefficient (Wildman–Crippen LogP) is 0.994. The van der Waals surface area contributed by atoms with E-state index in [-0.39, 0.29) is 11.2 Å². The molecular weight excluding hydrogens is 290 g/mol. The number of methoxy groups -OCH3 is 1. The number of nitrogens with zero attached hydrogens (tertiary/aromatic N) is 5. The van der Waals surface area contributed by atoms with Crippen molar-refractivity contribution in [2.75, 3.05) is 20.7 Å². The van der Waals surface area contributed by atoms with Gasteiger partial charge in [0.15, 0.2) is 0 Å². The molecule has 0 spiro atoms. The van der Waals surface area contributed by atoms with Gasteiger partial charge in [0.2, 0.25) is 11.1 Å². The van der Waals surface area contributed by atoms with Gasteiger partial charge >= 0.3 is 0 Å². The third-order valence-electron chi connectivity index (χ3n) is 3.38.